The molecule has 174 valence electrons. The van der Waals surface area contributed by atoms with Crippen molar-refractivity contribution >= 4 is 11.8 Å². The maximum absolute atomic E-state index is 12.3. The van der Waals surface area contributed by atoms with E-state index in [1.807, 2.05) is 6.92 Å². The van der Waals surface area contributed by atoms with E-state index in [1.54, 1.807) is 18.2 Å². The predicted molar refractivity (Wildman–Crippen MR) is 128 cm³/mol. The normalized spacial score (nSPS) is 11.5. The zero-order valence-electron chi connectivity index (χ0n) is 19.7. The minimum atomic E-state index is -1.04. The Labute approximate surface area is 189 Å². The lowest BCUT2D eigenvalue weighted by Gasteiger charge is -2.09. The Morgan fingerprint density at radius 3 is 2.03 bits per heavy atom. The molecule has 0 spiro atoms. The lowest BCUT2D eigenvalue weighted by atomic mass is 9.99. The van der Waals surface area contributed by atoms with E-state index in [9.17, 15) is 14.7 Å². The second-order valence-electron chi connectivity index (χ2n) is 8.20. The van der Waals surface area contributed by atoms with Crippen molar-refractivity contribution in [3.63, 3.8) is 0 Å². The van der Waals surface area contributed by atoms with Crippen molar-refractivity contribution in [3.8, 4) is 0 Å². The van der Waals surface area contributed by atoms with E-state index in [1.165, 1.54) is 44.6 Å². The Morgan fingerprint density at radius 2 is 1.39 bits per heavy atom. The molecule has 0 radical (unpaired) electrons. The van der Waals surface area contributed by atoms with Crippen LogP contribution in [0.1, 0.15) is 124 Å². The van der Waals surface area contributed by atoms with Crippen LogP contribution in [-0.2, 0) is 4.74 Å². The van der Waals surface area contributed by atoms with Gasteiger partial charge in [-0.25, -0.2) is 4.79 Å². The van der Waals surface area contributed by atoms with Gasteiger partial charge in [0.15, 0.2) is 5.78 Å². The fourth-order valence-electron chi connectivity index (χ4n) is 3.77. The summed E-state index contributed by atoms with van der Waals surface area (Å²) in [6.45, 7) is 5.03. The molecular weight excluding hydrogens is 388 g/mol. The summed E-state index contributed by atoms with van der Waals surface area (Å²) in [5, 5.41) is 9.20. The molecule has 1 aromatic carbocycles. The number of rotatable bonds is 19. The van der Waals surface area contributed by atoms with Crippen molar-refractivity contribution in [2.24, 2.45) is 0 Å². The Kier molecular flexibility index (Phi) is 15.3. The summed E-state index contributed by atoms with van der Waals surface area (Å²) in [7, 11) is 0. The molecule has 0 bridgehead atoms. The fraction of sp³-hybridized carbons (Fsp3) is 0.630. The van der Waals surface area contributed by atoms with Crippen LogP contribution in [0.25, 0.3) is 0 Å². The Balaban J connectivity index is 2.17. The average Bonchev–Trinajstić information content (AvgIpc) is 2.77. The number of carboxylic acids is 1. The van der Waals surface area contributed by atoms with Crippen LogP contribution in [0.4, 0.5) is 0 Å². The first-order valence-electron chi connectivity index (χ1n) is 12.3. The number of hydrogen-bond donors (Lipinski definition) is 1. The Morgan fingerprint density at radius 1 is 0.806 bits per heavy atom. The van der Waals surface area contributed by atoms with Crippen LogP contribution in [-0.4, -0.2) is 23.5 Å². The van der Waals surface area contributed by atoms with Gasteiger partial charge in [0, 0.05) is 18.4 Å². The first-order valence-corrected chi connectivity index (χ1v) is 12.3. The van der Waals surface area contributed by atoms with Gasteiger partial charge < -0.3 is 9.84 Å². The van der Waals surface area contributed by atoms with Gasteiger partial charge in [0.25, 0.3) is 0 Å². The van der Waals surface area contributed by atoms with Gasteiger partial charge in [-0.3, -0.25) is 4.79 Å². The molecular formula is C27H42O4. The van der Waals surface area contributed by atoms with Gasteiger partial charge in [-0.05, 0) is 44.7 Å². The van der Waals surface area contributed by atoms with Crippen molar-refractivity contribution in [2.75, 3.05) is 6.61 Å². The maximum Gasteiger partial charge on any atom is 0.336 e. The van der Waals surface area contributed by atoms with Crippen molar-refractivity contribution in [2.45, 2.75) is 104 Å². The Bertz CT molecular complexity index is 663. The number of hydrogen-bond acceptors (Lipinski definition) is 3. The highest BCUT2D eigenvalue weighted by Gasteiger charge is 2.15. The smallest absolute Gasteiger partial charge is 0.336 e. The standard InChI is InChI=1S/C27H42O4/c1-3-5-6-7-10-13-18-23(31-4-2)19-14-11-8-9-12-15-22-26(28)24-20-16-17-21-25(24)27(29)30/h16-17,19-21H,3-15,18,22H2,1-2H3,(H,29,30). The molecule has 0 saturated heterocycles. The van der Waals surface area contributed by atoms with Gasteiger partial charge in [-0.1, -0.05) is 76.5 Å². The van der Waals surface area contributed by atoms with E-state index in [2.05, 4.69) is 13.0 Å². The summed E-state index contributed by atoms with van der Waals surface area (Å²) in [5.74, 6) is 0.0394. The van der Waals surface area contributed by atoms with Crippen molar-refractivity contribution in [3.05, 3.63) is 47.2 Å². The summed E-state index contributed by atoms with van der Waals surface area (Å²) < 4.78 is 5.79. The molecule has 0 atom stereocenters. The third kappa shape index (κ3) is 12.4. The zero-order chi connectivity index (χ0) is 22.7. The predicted octanol–water partition coefficient (Wildman–Crippen LogP) is 7.97. The number of allylic oxidation sites excluding steroid dienone is 2. The number of carboxylic acid groups (broad SMARTS) is 1. The van der Waals surface area contributed by atoms with Gasteiger partial charge in [-0.15, -0.1) is 0 Å². The third-order valence-electron chi connectivity index (χ3n) is 5.54. The minimum Gasteiger partial charge on any atom is -0.499 e. The highest BCUT2D eigenvalue weighted by Crippen LogP contribution is 2.17. The first-order chi connectivity index (χ1) is 15.1. The van der Waals surface area contributed by atoms with E-state index < -0.39 is 5.97 Å². The SMILES string of the molecule is CCCCCCCCC(=CCCCCCCCC(=O)c1ccccc1C(=O)O)OCC. The van der Waals surface area contributed by atoms with Crippen LogP contribution in [0.3, 0.4) is 0 Å². The van der Waals surface area contributed by atoms with Crippen LogP contribution in [0.5, 0.6) is 0 Å². The zero-order valence-corrected chi connectivity index (χ0v) is 19.7. The van der Waals surface area contributed by atoms with Gasteiger partial charge in [0.2, 0.25) is 0 Å². The van der Waals surface area contributed by atoms with Crippen molar-refractivity contribution in [1.29, 1.82) is 0 Å². The number of aromatic carboxylic acids is 1. The quantitative estimate of drug-likeness (QED) is 0.137. The highest BCUT2D eigenvalue weighted by atomic mass is 16.5. The number of carbonyl (C=O) groups is 2. The van der Waals surface area contributed by atoms with Crippen LogP contribution >= 0.6 is 0 Å². The number of ether oxygens (including phenoxy) is 1. The van der Waals surface area contributed by atoms with Crippen LogP contribution in [0.2, 0.25) is 0 Å². The van der Waals surface area contributed by atoms with Crippen LogP contribution in [0, 0.1) is 0 Å². The van der Waals surface area contributed by atoms with Crippen molar-refractivity contribution in [1.82, 2.24) is 0 Å². The average molecular weight is 431 g/mol. The molecule has 4 nitrogen and oxygen atoms in total. The van der Waals surface area contributed by atoms with Gasteiger partial charge in [0.05, 0.1) is 17.9 Å². The molecule has 0 amide bonds. The number of Topliss-reactive ketones (excluding diaryl/α,β-unsaturated/α-hetero) is 1. The van der Waals surface area contributed by atoms with E-state index in [0.717, 1.165) is 57.3 Å². The fourth-order valence-corrected chi connectivity index (χ4v) is 3.77. The Hall–Kier alpha value is -2.10. The van der Waals surface area contributed by atoms with Gasteiger partial charge >= 0.3 is 5.97 Å². The lowest BCUT2D eigenvalue weighted by molar-refractivity contribution is 0.0691. The number of carbonyl (C=O) groups excluding carboxylic acids is 1. The summed E-state index contributed by atoms with van der Waals surface area (Å²) in [6.07, 6.45) is 17.8. The molecule has 1 rings (SSSR count). The first kappa shape index (κ1) is 26.9. The minimum absolute atomic E-state index is 0.0722. The largest absolute Gasteiger partial charge is 0.499 e. The van der Waals surface area contributed by atoms with E-state index in [0.29, 0.717) is 12.0 Å². The molecule has 0 aliphatic heterocycles. The molecule has 0 aliphatic rings. The molecule has 1 aromatic rings. The molecule has 0 fully saturated rings. The second kappa shape index (κ2) is 17.6. The summed E-state index contributed by atoms with van der Waals surface area (Å²) in [4.78, 5) is 23.6. The van der Waals surface area contributed by atoms with E-state index >= 15 is 0 Å². The molecule has 0 unspecified atom stereocenters. The number of unbranched alkanes of at least 4 members (excludes halogenated alkanes) is 10. The monoisotopic (exact) mass is 430 g/mol. The molecule has 0 saturated carbocycles. The maximum atomic E-state index is 12.3. The second-order valence-corrected chi connectivity index (χ2v) is 8.20. The highest BCUT2D eigenvalue weighted by molar-refractivity contribution is 6.05. The van der Waals surface area contributed by atoms with Crippen LogP contribution in [0.15, 0.2) is 36.1 Å². The number of ketones is 1. The molecule has 31 heavy (non-hydrogen) atoms. The summed E-state index contributed by atoms with van der Waals surface area (Å²) in [6, 6.07) is 6.47. The molecule has 0 heterocycles. The summed E-state index contributed by atoms with van der Waals surface area (Å²) in [5.41, 5.74) is 0.430. The van der Waals surface area contributed by atoms with Gasteiger partial charge in [-0.2, -0.15) is 0 Å². The topological polar surface area (TPSA) is 63.6 Å². The van der Waals surface area contributed by atoms with Crippen LogP contribution < -0.4 is 0 Å². The lowest BCUT2D eigenvalue weighted by Crippen LogP contribution is -2.08. The molecule has 1 N–H and O–H groups in total. The number of benzene rings is 1. The third-order valence-corrected chi connectivity index (χ3v) is 5.54. The van der Waals surface area contributed by atoms with E-state index in [4.69, 9.17) is 4.74 Å². The van der Waals surface area contributed by atoms with Gasteiger partial charge in [0.1, 0.15) is 0 Å². The van der Waals surface area contributed by atoms with E-state index in [-0.39, 0.29) is 11.3 Å². The summed E-state index contributed by atoms with van der Waals surface area (Å²) >= 11 is 0. The van der Waals surface area contributed by atoms with Crippen molar-refractivity contribution < 1.29 is 19.4 Å². The molecule has 4 heteroatoms. The molecule has 0 aromatic heterocycles. The molecule has 0 aliphatic carbocycles.